The summed E-state index contributed by atoms with van der Waals surface area (Å²) in [5.74, 6) is 0.362. The second-order valence-corrected chi connectivity index (χ2v) is 3.56. The average Bonchev–Trinajstić information content (AvgIpc) is 2.74. The summed E-state index contributed by atoms with van der Waals surface area (Å²) in [6.45, 7) is 2.28. The predicted octanol–water partition coefficient (Wildman–Crippen LogP) is -0.338. The summed E-state index contributed by atoms with van der Waals surface area (Å²) < 4.78 is 5.32. The lowest BCUT2D eigenvalue weighted by Gasteiger charge is -2.12. The molecule has 0 bridgehead atoms. The van der Waals surface area contributed by atoms with Gasteiger partial charge in [0.2, 0.25) is 11.8 Å². The maximum absolute atomic E-state index is 11.0. The van der Waals surface area contributed by atoms with E-state index in [-0.39, 0.29) is 11.9 Å². The first-order valence-electron chi connectivity index (χ1n) is 5.05. The molecule has 1 aromatic heterocycles. The van der Waals surface area contributed by atoms with Crippen LogP contribution in [0.15, 0.2) is 4.42 Å². The fourth-order valence-electron chi connectivity index (χ4n) is 1.05. The summed E-state index contributed by atoms with van der Waals surface area (Å²) in [7, 11) is 3.38. The Hall–Kier alpha value is -1.63. The van der Waals surface area contributed by atoms with Crippen molar-refractivity contribution in [3.05, 3.63) is 5.89 Å². The fourth-order valence-corrected chi connectivity index (χ4v) is 1.05. The molecule has 1 amide bonds. The fraction of sp³-hybridized carbons (Fsp3) is 0.667. The molecule has 0 aliphatic rings. The molecule has 1 aromatic rings. The number of hydrogen-bond donors (Lipinski definition) is 2. The van der Waals surface area contributed by atoms with E-state index < -0.39 is 0 Å². The first-order valence-corrected chi connectivity index (χ1v) is 5.05. The molecule has 0 aliphatic heterocycles. The van der Waals surface area contributed by atoms with Crippen molar-refractivity contribution in [1.29, 1.82) is 0 Å². The first kappa shape index (κ1) is 12.4. The summed E-state index contributed by atoms with van der Waals surface area (Å²) >= 11 is 0. The molecule has 0 radical (unpaired) electrons. The van der Waals surface area contributed by atoms with Gasteiger partial charge in [0.15, 0.2) is 0 Å². The van der Waals surface area contributed by atoms with Gasteiger partial charge in [-0.3, -0.25) is 4.79 Å². The third kappa shape index (κ3) is 3.20. The molecular weight excluding hydrogens is 210 g/mol. The Morgan fingerprint density at radius 1 is 1.62 bits per heavy atom. The molecule has 1 unspecified atom stereocenters. The highest BCUT2D eigenvalue weighted by Crippen LogP contribution is 2.14. The van der Waals surface area contributed by atoms with Crippen LogP contribution in [0.2, 0.25) is 0 Å². The highest BCUT2D eigenvalue weighted by Gasteiger charge is 2.13. The zero-order valence-corrected chi connectivity index (χ0v) is 9.73. The number of carbonyl (C=O) groups excluding carboxylic acids is 1. The number of hydrogen-bond acceptors (Lipinski definition) is 6. The minimum atomic E-state index is -0.284. The van der Waals surface area contributed by atoms with Gasteiger partial charge in [-0.2, -0.15) is 0 Å². The molecule has 3 N–H and O–H groups in total. The zero-order valence-electron chi connectivity index (χ0n) is 9.73. The van der Waals surface area contributed by atoms with Gasteiger partial charge < -0.3 is 20.4 Å². The van der Waals surface area contributed by atoms with Gasteiger partial charge in [-0.1, -0.05) is 5.10 Å². The molecule has 7 nitrogen and oxygen atoms in total. The average molecular weight is 227 g/mol. The zero-order chi connectivity index (χ0) is 12.1. The molecule has 16 heavy (non-hydrogen) atoms. The van der Waals surface area contributed by atoms with Crippen LogP contribution in [-0.2, 0) is 4.79 Å². The van der Waals surface area contributed by atoms with Crippen LogP contribution < -0.4 is 16.0 Å². The van der Waals surface area contributed by atoms with Gasteiger partial charge in [0.05, 0.1) is 6.04 Å². The van der Waals surface area contributed by atoms with Gasteiger partial charge in [-0.05, 0) is 6.92 Å². The minimum absolute atomic E-state index is 0.0289. The topological polar surface area (TPSA) is 97.3 Å². The first-order chi connectivity index (χ1) is 7.54. The standard InChI is InChI=1S/C9H17N5O2/c1-6(10)8-12-13-9(16-8)14(3)5-4-7(15)11-2/h6H,4-5,10H2,1-3H3,(H,11,15). The van der Waals surface area contributed by atoms with Crippen LogP contribution in [0.5, 0.6) is 0 Å². The van der Waals surface area contributed by atoms with E-state index in [4.69, 9.17) is 10.2 Å². The number of nitrogens with two attached hydrogens (primary N) is 1. The number of amides is 1. The lowest BCUT2D eigenvalue weighted by Crippen LogP contribution is -2.26. The van der Waals surface area contributed by atoms with Crippen LogP contribution in [0.1, 0.15) is 25.3 Å². The maximum atomic E-state index is 11.0. The summed E-state index contributed by atoms with van der Waals surface area (Å²) in [5.41, 5.74) is 5.59. The van der Waals surface area contributed by atoms with Crippen molar-refractivity contribution in [1.82, 2.24) is 15.5 Å². The minimum Gasteiger partial charge on any atom is -0.406 e. The molecule has 90 valence electrons. The number of rotatable bonds is 5. The molecule has 1 atom stereocenters. The van der Waals surface area contributed by atoms with Gasteiger partial charge in [-0.25, -0.2) is 0 Å². The van der Waals surface area contributed by atoms with Gasteiger partial charge in [0, 0.05) is 27.1 Å². The summed E-state index contributed by atoms with van der Waals surface area (Å²) in [5, 5.41) is 10.2. The van der Waals surface area contributed by atoms with Crippen molar-refractivity contribution >= 4 is 11.9 Å². The lowest BCUT2D eigenvalue weighted by molar-refractivity contribution is -0.120. The Bertz CT molecular complexity index is 349. The van der Waals surface area contributed by atoms with E-state index in [1.807, 2.05) is 0 Å². The van der Waals surface area contributed by atoms with Crippen molar-refractivity contribution < 1.29 is 9.21 Å². The van der Waals surface area contributed by atoms with E-state index >= 15 is 0 Å². The number of aromatic nitrogens is 2. The monoisotopic (exact) mass is 227 g/mol. The van der Waals surface area contributed by atoms with Gasteiger partial charge in [0.25, 0.3) is 0 Å². The van der Waals surface area contributed by atoms with E-state index in [0.29, 0.717) is 24.9 Å². The second-order valence-electron chi connectivity index (χ2n) is 3.56. The van der Waals surface area contributed by atoms with E-state index in [9.17, 15) is 4.79 Å². The number of nitrogens with zero attached hydrogens (tertiary/aromatic N) is 3. The molecule has 7 heteroatoms. The van der Waals surface area contributed by atoms with Crippen molar-refractivity contribution in [2.75, 3.05) is 25.5 Å². The van der Waals surface area contributed by atoms with Crippen LogP contribution in [0.25, 0.3) is 0 Å². The van der Waals surface area contributed by atoms with Crippen LogP contribution >= 0.6 is 0 Å². The summed E-state index contributed by atoms with van der Waals surface area (Å²) in [6, 6.07) is 0.0878. The third-order valence-corrected chi connectivity index (χ3v) is 2.10. The number of anilines is 1. The van der Waals surface area contributed by atoms with Crippen LogP contribution in [-0.4, -0.2) is 36.7 Å². The van der Waals surface area contributed by atoms with Gasteiger partial charge >= 0.3 is 6.01 Å². The van der Waals surface area contributed by atoms with Crippen molar-refractivity contribution in [2.45, 2.75) is 19.4 Å². The van der Waals surface area contributed by atoms with Crippen molar-refractivity contribution in [3.8, 4) is 0 Å². The maximum Gasteiger partial charge on any atom is 0.317 e. The molecule has 0 aromatic carbocycles. The SMILES string of the molecule is CNC(=O)CCN(C)c1nnc(C(C)N)o1. The summed E-state index contributed by atoms with van der Waals surface area (Å²) in [6.07, 6.45) is 0.378. The smallest absolute Gasteiger partial charge is 0.317 e. The molecular formula is C9H17N5O2. The van der Waals surface area contributed by atoms with E-state index in [2.05, 4.69) is 15.5 Å². The lowest BCUT2D eigenvalue weighted by atomic mass is 10.4. The normalized spacial score (nSPS) is 12.2. The summed E-state index contributed by atoms with van der Waals surface area (Å²) in [4.78, 5) is 12.8. The van der Waals surface area contributed by atoms with Gasteiger partial charge in [0.1, 0.15) is 0 Å². The Kier molecular flexibility index (Phi) is 4.24. The predicted molar refractivity (Wildman–Crippen MR) is 58.9 cm³/mol. The van der Waals surface area contributed by atoms with Crippen LogP contribution in [0.3, 0.4) is 0 Å². The molecule has 1 heterocycles. The Labute approximate surface area is 94.0 Å². The van der Waals surface area contributed by atoms with Gasteiger partial charge in [-0.15, -0.1) is 5.10 Å². The Morgan fingerprint density at radius 2 is 2.31 bits per heavy atom. The second kappa shape index (κ2) is 5.45. The Morgan fingerprint density at radius 3 is 2.81 bits per heavy atom. The molecule has 0 saturated heterocycles. The molecule has 0 spiro atoms. The molecule has 1 rings (SSSR count). The number of nitrogens with one attached hydrogen (secondary N) is 1. The molecule has 0 fully saturated rings. The van der Waals surface area contributed by atoms with Crippen LogP contribution in [0, 0.1) is 0 Å². The van der Waals surface area contributed by atoms with Crippen LogP contribution in [0.4, 0.5) is 6.01 Å². The van der Waals surface area contributed by atoms with Crippen molar-refractivity contribution in [2.24, 2.45) is 5.73 Å². The largest absolute Gasteiger partial charge is 0.406 e. The Balaban J connectivity index is 2.52. The third-order valence-electron chi connectivity index (χ3n) is 2.10. The molecule has 0 aliphatic carbocycles. The highest BCUT2D eigenvalue weighted by molar-refractivity contribution is 5.76. The highest BCUT2D eigenvalue weighted by atomic mass is 16.4. The van der Waals surface area contributed by atoms with Crippen molar-refractivity contribution in [3.63, 3.8) is 0 Å². The molecule has 0 saturated carbocycles. The van der Waals surface area contributed by atoms with E-state index in [1.54, 1.807) is 25.9 Å². The number of carbonyl (C=O) groups is 1. The van der Waals surface area contributed by atoms with E-state index in [1.165, 1.54) is 0 Å². The van der Waals surface area contributed by atoms with E-state index in [0.717, 1.165) is 0 Å². The quantitative estimate of drug-likeness (QED) is 0.714.